The Hall–Kier alpha value is -2.65. The highest BCUT2D eigenvalue weighted by Crippen LogP contribution is 2.20. The highest BCUT2D eigenvalue weighted by atomic mass is 32.2. The fourth-order valence-electron chi connectivity index (χ4n) is 2.25. The average molecular weight is 362 g/mol. The molecule has 0 radical (unpaired) electrons. The van der Waals surface area contributed by atoms with Crippen LogP contribution in [0.25, 0.3) is 10.9 Å². The summed E-state index contributed by atoms with van der Waals surface area (Å²) in [5.41, 5.74) is 0.651. The minimum absolute atomic E-state index is 0.0982. The SMILES string of the molecule is CC(C)(C)NS(=O)(=O)c1ccc(C(=O)Nc2ccc3cn[nH]c3c2)o1. The summed E-state index contributed by atoms with van der Waals surface area (Å²) in [5, 5.41) is 9.98. The van der Waals surface area contributed by atoms with Gasteiger partial charge in [-0.15, -0.1) is 0 Å². The van der Waals surface area contributed by atoms with Crippen LogP contribution in [-0.4, -0.2) is 30.1 Å². The van der Waals surface area contributed by atoms with Gasteiger partial charge in [-0.05, 0) is 51.1 Å². The molecule has 0 saturated heterocycles. The molecule has 0 atom stereocenters. The van der Waals surface area contributed by atoms with Gasteiger partial charge in [0.15, 0.2) is 5.76 Å². The normalized spacial score (nSPS) is 12.4. The van der Waals surface area contributed by atoms with Gasteiger partial charge in [-0.1, -0.05) is 0 Å². The number of fused-ring (bicyclic) bond motifs is 1. The number of anilines is 1. The molecule has 8 nitrogen and oxygen atoms in total. The Bertz CT molecular complexity index is 1030. The maximum atomic E-state index is 12.3. The van der Waals surface area contributed by atoms with E-state index in [0.29, 0.717) is 5.69 Å². The van der Waals surface area contributed by atoms with Gasteiger partial charge in [-0.2, -0.15) is 5.10 Å². The number of hydrogen-bond donors (Lipinski definition) is 3. The lowest BCUT2D eigenvalue weighted by Gasteiger charge is -2.18. The van der Waals surface area contributed by atoms with Crippen LogP contribution in [0.5, 0.6) is 0 Å². The molecule has 0 unspecified atom stereocenters. The van der Waals surface area contributed by atoms with E-state index in [1.54, 1.807) is 45.2 Å². The monoisotopic (exact) mass is 362 g/mol. The van der Waals surface area contributed by atoms with Gasteiger partial charge in [0, 0.05) is 16.6 Å². The molecule has 3 N–H and O–H groups in total. The van der Waals surface area contributed by atoms with Crippen LogP contribution < -0.4 is 10.0 Å². The number of hydrogen-bond acceptors (Lipinski definition) is 5. The third-order valence-electron chi connectivity index (χ3n) is 3.21. The molecule has 3 rings (SSSR count). The van der Waals surface area contributed by atoms with Gasteiger partial charge in [0.1, 0.15) is 0 Å². The zero-order chi connectivity index (χ0) is 18.2. The smallest absolute Gasteiger partial charge is 0.291 e. The molecule has 0 saturated carbocycles. The molecular formula is C16H18N4O4S. The van der Waals surface area contributed by atoms with Gasteiger partial charge >= 0.3 is 0 Å². The second-order valence-corrected chi connectivity index (χ2v) is 8.21. The van der Waals surface area contributed by atoms with Crippen LogP contribution in [0.1, 0.15) is 31.3 Å². The Morgan fingerprint density at radius 2 is 1.96 bits per heavy atom. The van der Waals surface area contributed by atoms with Crippen LogP contribution in [0, 0.1) is 0 Å². The van der Waals surface area contributed by atoms with E-state index in [4.69, 9.17) is 4.42 Å². The molecule has 0 aliphatic rings. The molecule has 3 aromatic rings. The van der Waals surface area contributed by atoms with Gasteiger partial charge in [0.25, 0.3) is 15.9 Å². The van der Waals surface area contributed by atoms with E-state index in [9.17, 15) is 13.2 Å². The molecular weight excluding hydrogens is 344 g/mol. The number of furan rings is 1. The maximum Gasteiger partial charge on any atom is 0.291 e. The number of benzene rings is 1. The fraction of sp³-hybridized carbons (Fsp3) is 0.250. The lowest BCUT2D eigenvalue weighted by molar-refractivity contribution is 0.0991. The lowest BCUT2D eigenvalue weighted by Crippen LogP contribution is -2.40. The number of amides is 1. The van der Waals surface area contributed by atoms with Crippen LogP contribution in [0.2, 0.25) is 0 Å². The average Bonchev–Trinajstić information content (AvgIpc) is 3.14. The number of nitrogens with one attached hydrogen (secondary N) is 3. The molecule has 1 aromatic carbocycles. The number of sulfonamides is 1. The summed E-state index contributed by atoms with van der Waals surface area (Å²) in [4.78, 5) is 12.3. The number of H-pyrrole nitrogens is 1. The standard InChI is InChI=1S/C16H18N4O4S/c1-16(2,3)20-25(22,23)14-7-6-13(24-14)15(21)18-11-5-4-10-9-17-19-12(10)8-11/h4-9,20H,1-3H3,(H,17,19)(H,18,21). The van der Waals surface area contributed by atoms with Crippen molar-refractivity contribution in [3.05, 3.63) is 42.3 Å². The first-order valence-electron chi connectivity index (χ1n) is 7.52. The van der Waals surface area contributed by atoms with E-state index in [1.165, 1.54) is 12.1 Å². The van der Waals surface area contributed by atoms with Crippen molar-refractivity contribution in [2.24, 2.45) is 0 Å². The van der Waals surface area contributed by atoms with Crippen molar-refractivity contribution >= 4 is 32.5 Å². The first-order chi connectivity index (χ1) is 11.6. The van der Waals surface area contributed by atoms with E-state index in [-0.39, 0.29) is 10.9 Å². The first kappa shape index (κ1) is 17.2. The number of carbonyl (C=O) groups is 1. The van der Waals surface area contributed by atoms with E-state index < -0.39 is 21.5 Å². The molecule has 0 aliphatic carbocycles. The van der Waals surface area contributed by atoms with Crippen molar-refractivity contribution < 1.29 is 17.6 Å². The topological polar surface area (TPSA) is 117 Å². The van der Waals surface area contributed by atoms with Gasteiger partial charge < -0.3 is 9.73 Å². The van der Waals surface area contributed by atoms with Gasteiger partial charge in [0.2, 0.25) is 5.09 Å². The van der Waals surface area contributed by atoms with Crippen molar-refractivity contribution in [2.75, 3.05) is 5.32 Å². The van der Waals surface area contributed by atoms with Crippen molar-refractivity contribution in [2.45, 2.75) is 31.4 Å². The van der Waals surface area contributed by atoms with E-state index in [0.717, 1.165) is 10.9 Å². The number of carbonyl (C=O) groups excluding carboxylic acids is 1. The summed E-state index contributed by atoms with van der Waals surface area (Å²) >= 11 is 0. The number of rotatable bonds is 4. The van der Waals surface area contributed by atoms with Crippen molar-refractivity contribution in [1.82, 2.24) is 14.9 Å². The largest absolute Gasteiger partial charge is 0.438 e. The highest BCUT2D eigenvalue weighted by molar-refractivity contribution is 7.89. The quantitative estimate of drug-likeness (QED) is 0.659. The second-order valence-electron chi connectivity index (χ2n) is 6.60. The van der Waals surface area contributed by atoms with Crippen LogP contribution >= 0.6 is 0 Å². The molecule has 2 heterocycles. The Balaban J connectivity index is 1.78. The first-order valence-corrected chi connectivity index (χ1v) is 9.01. The van der Waals surface area contributed by atoms with Gasteiger partial charge in [0.05, 0.1) is 11.7 Å². The number of aromatic amines is 1. The van der Waals surface area contributed by atoms with Crippen LogP contribution in [0.15, 0.2) is 46.0 Å². The van der Waals surface area contributed by atoms with E-state index in [2.05, 4.69) is 20.2 Å². The number of nitrogens with zero attached hydrogens (tertiary/aromatic N) is 1. The molecule has 0 spiro atoms. The van der Waals surface area contributed by atoms with Crippen LogP contribution in [-0.2, 0) is 10.0 Å². The van der Waals surface area contributed by atoms with E-state index >= 15 is 0 Å². The zero-order valence-electron chi connectivity index (χ0n) is 14.0. The Morgan fingerprint density at radius 3 is 2.68 bits per heavy atom. The predicted octanol–water partition coefficient (Wildman–Crippen LogP) is 2.49. The van der Waals surface area contributed by atoms with E-state index in [1.807, 2.05) is 0 Å². The summed E-state index contributed by atoms with van der Waals surface area (Å²) in [6, 6.07) is 7.82. The zero-order valence-corrected chi connectivity index (χ0v) is 14.8. The van der Waals surface area contributed by atoms with Gasteiger partial charge in [-0.25, -0.2) is 13.1 Å². The minimum atomic E-state index is -3.83. The summed E-state index contributed by atoms with van der Waals surface area (Å²) in [7, 11) is -3.83. The predicted molar refractivity (Wildman–Crippen MR) is 92.8 cm³/mol. The molecule has 0 bridgehead atoms. The van der Waals surface area contributed by atoms with Crippen molar-refractivity contribution in [3.63, 3.8) is 0 Å². The molecule has 25 heavy (non-hydrogen) atoms. The molecule has 132 valence electrons. The summed E-state index contributed by atoms with van der Waals surface area (Å²) in [6.45, 7) is 5.14. The van der Waals surface area contributed by atoms with Crippen LogP contribution in [0.3, 0.4) is 0 Å². The summed E-state index contributed by atoms with van der Waals surface area (Å²) in [5.74, 6) is -0.643. The second kappa shape index (κ2) is 6.01. The van der Waals surface area contributed by atoms with Gasteiger partial charge in [-0.3, -0.25) is 9.89 Å². The molecule has 9 heteroatoms. The molecule has 1 amide bonds. The van der Waals surface area contributed by atoms with Crippen molar-refractivity contribution in [3.8, 4) is 0 Å². The Morgan fingerprint density at radius 1 is 1.20 bits per heavy atom. The minimum Gasteiger partial charge on any atom is -0.438 e. The molecule has 2 aromatic heterocycles. The third-order valence-corrected chi connectivity index (χ3v) is 4.84. The fourth-order valence-corrected chi connectivity index (χ4v) is 3.60. The third kappa shape index (κ3) is 3.89. The van der Waals surface area contributed by atoms with Crippen LogP contribution in [0.4, 0.5) is 5.69 Å². The highest BCUT2D eigenvalue weighted by Gasteiger charge is 2.26. The Labute approximate surface area is 144 Å². The summed E-state index contributed by atoms with van der Waals surface area (Å²) < 4.78 is 32.1. The maximum absolute atomic E-state index is 12.3. The number of aromatic nitrogens is 2. The molecule has 0 aliphatic heterocycles. The lowest BCUT2D eigenvalue weighted by atomic mass is 10.1. The van der Waals surface area contributed by atoms with Crippen molar-refractivity contribution in [1.29, 1.82) is 0 Å². The molecule has 0 fully saturated rings. The Kier molecular flexibility index (Phi) is 4.13. The summed E-state index contributed by atoms with van der Waals surface area (Å²) in [6.07, 6.45) is 1.67.